The molecule has 34 heavy (non-hydrogen) atoms. The van der Waals surface area contributed by atoms with Crippen LogP contribution in [0.5, 0.6) is 0 Å². The van der Waals surface area contributed by atoms with Crippen LogP contribution in [0.25, 0.3) is 0 Å². The number of halogens is 6. The number of ether oxygens (including phenoxy) is 1. The zero-order valence-corrected chi connectivity index (χ0v) is 19.7. The number of nitrogens with zero attached hydrogens (tertiary/aromatic N) is 1. The molecule has 2 aromatic carbocycles. The van der Waals surface area contributed by atoms with Gasteiger partial charge in [-0.05, 0) is 67.2 Å². The van der Waals surface area contributed by atoms with Gasteiger partial charge in [-0.1, -0.05) is 44.5 Å². The molecular weight excluding hydrogens is 475 g/mol. The van der Waals surface area contributed by atoms with E-state index in [2.05, 4.69) is 13.8 Å². The number of benzene rings is 2. The van der Waals surface area contributed by atoms with Crippen LogP contribution < -0.4 is 10.6 Å². The van der Waals surface area contributed by atoms with Crippen LogP contribution in [-0.4, -0.2) is 24.2 Å². The van der Waals surface area contributed by atoms with Crippen LogP contribution in [0.4, 0.5) is 26.3 Å². The molecule has 2 unspecified atom stereocenters. The fraction of sp³-hybridized carbons (Fsp3) is 0.480. The van der Waals surface area contributed by atoms with E-state index in [9.17, 15) is 26.3 Å². The summed E-state index contributed by atoms with van der Waals surface area (Å²) >= 11 is 0. The molecule has 4 rings (SSSR count). The molecule has 3 atom stereocenters. The first-order chi connectivity index (χ1) is 15.9. The normalized spacial score (nSPS) is 23.5. The summed E-state index contributed by atoms with van der Waals surface area (Å²) in [6, 6.07) is 10.2. The van der Waals surface area contributed by atoms with E-state index < -0.39 is 31.4 Å². The third-order valence-electron chi connectivity index (χ3n) is 6.54. The molecule has 1 heterocycles. The Labute approximate surface area is 196 Å². The second-order valence-corrected chi connectivity index (χ2v) is 11.6. The number of hydrogen-bond acceptors (Lipinski definition) is 2. The van der Waals surface area contributed by atoms with Gasteiger partial charge in [0.2, 0.25) is 0 Å². The molecule has 0 bridgehead atoms. The van der Waals surface area contributed by atoms with Crippen LogP contribution in [0.2, 0.25) is 0 Å². The number of rotatable bonds is 5. The molecule has 1 aliphatic heterocycles. The lowest BCUT2D eigenvalue weighted by molar-refractivity contribution is -0.138. The lowest BCUT2D eigenvalue weighted by Crippen LogP contribution is -2.29. The van der Waals surface area contributed by atoms with Gasteiger partial charge in [0.05, 0.1) is 17.2 Å². The van der Waals surface area contributed by atoms with Crippen molar-refractivity contribution in [3.05, 3.63) is 59.7 Å². The van der Waals surface area contributed by atoms with E-state index in [0.717, 1.165) is 43.5 Å². The molecule has 0 N–H and O–H groups in total. The van der Waals surface area contributed by atoms with Crippen molar-refractivity contribution >= 4 is 24.4 Å². The monoisotopic (exact) mass is 501 g/mol. The molecular formula is C25H26F6NOP. The second-order valence-electron chi connectivity index (χ2n) is 9.15. The van der Waals surface area contributed by atoms with Crippen molar-refractivity contribution in [2.24, 2.45) is 16.8 Å². The summed E-state index contributed by atoms with van der Waals surface area (Å²) in [7, 11) is -1.23. The SMILES string of the molecule is CC(C)[C@@H]1COC(C2CCCC2P(c2ccc(C(F)(F)F)cc2)c2ccc(C(F)(F)F)cc2)=N1. The molecule has 1 fully saturated rings. The van der Waals surface area contributed by atoms with E-state index in [1.54, 1.807) is 0 Å². The molecule has 2 nitrogen and oxygen atoms in total. The summed E-state index contributed by atoms with van der Waals surface area (Å²) in [5.74, 6) is 1.01. The molecule has 2 aromatic rings. The van der Waals surface area contributed by atoms with E-state index in [1.165, 1.54) is 24.3 Å². The molecule has 0 aromatic heterocycles. The zero-order chi connectivity index (χ0) is 24.7. The van der Waals surface area contributed by atoms with Gasteiger partial charge in [-0.15, -0.1) is 0 Å². The molecule has 184 valence electrons. The first kappa shape index (κ1) is 25.0. The van der Waals surface area contributed by atoms with Gasteiger partial charge in [-0.3, -0.25) is 0 Å². The van der Waals surface area contributed by atoms with E-state index in [0.29, 0.717) is 29.0 Å². The minimum Gasteiger partial charge on any atom is -0.478 e. The lowest BCUT2D eigenvalue weighted by Gasteiger charge is -2.30. The minimum atomic E-state index is -4.45. The van der Waals surface area contributed by atoms with E-state index in [-0.39, 0.29) is 17.6 Å². The Morgan fingerprint density at radius 2 is 1.32 bits per heavy atom. The van der Waals surface area contributed by atoms with Crippen molar-refractivity contribution in [3.8, 4) is 0 Å². The van der Waals surface area contributed by atoms with Crippen molar-refractivity contribution in [3.63, 3.8) is 0 Å². The van der Waals surface area contributed by atoms with Crippen molar-refractivity contribution in [2.75, 3.05) is 6.61 Å². The lowest BCUT2D eigenvalue weighted by atomic mass is 10.1. The average Bonchev–Trinajstić information content (AvgIpc) is 3.43. The largest absolute Gasteiger partial charge is 0.478 e. The Morgan fingerprint density at radius 1 is 0.824 bits per heavy atom. The number of alkyl halides is 6. The summed E-state index contributed by atoms with van der Waals surface area (Å²) in [5, 5.41) is 1.41. The highest BCUT2D eigenvalue weighted by atomic mass is 31.1. The molecule has 9 heteroatoms. The van der Waals surface area contributed by atoms with Crippen molar-refractivity contribution in [1.29, 1.82) is 0 Å². The molecule has 0 amide bonds. The molecule has 2 aliphatic rings. The van der Waals surface area contributed by atoms with Gasteiger partial charge in [0, 0.05) is 5.92 Å². The van der Waals surface area contributed by atoms with Crippen LogP contribution in [0, 0.1) is 11.8 Å². The van der Waals surface area contributed by atoms with E-state index >= 15 is 0 Å². The highest BCUT2D eigenvalue weighted by Gasteiger charge is 2.42. The van der Waals surface area contributed by atoms with Crippen LogP contribution in [0.1, 0.15) is 44.2 Å². The molecule has 0 radical (unpaired) electrons. The van der Waals surface area contributed by atoms with Crippen LogP contribution in [-0.2, 0) is 17.1 Å². The third kappa shape index (κ3) is 5.27. The van der Waals surface area contributed by atoms with Gasteiger partial charge in [0.15, 0.2) is 5.90 Å². The van der Waals surface area contributed by atoms with Crippen LogP contribution in [0.15, 0.2) is 53.5 Å². The highest BCUT2D eigenvalue weighted by molar-refractivity contribution is 7.73. The fourth-order valence-electron chi connectivity index (χ4n) is 4.64. The predicted octanol–water partition coefficient (Wildman–Crippen LogP) is 6.78. The molecule has 1 aliphatic carbocycles. The standard InChI is InChI=1S/C25H26F6NOP/c1-15(2)21-14-33-23(32-21)20-4-3-5-22(20)34(18-10-6-16(7-11-18)24(26,27)28)19-12-8-17(9-13-19)25(29,30)31/h6-13,15,20-22H,3-5,14H2,1-2H3/t20?,21-,22?/m0/s1. The van der Waals surface area contributed by atoms with Crippen LogP contribution in [0.3, 0.4) is 0 Å². The Bertz CT molecular complexity index is 956. The highest BCUT2D eigenvalue weighted by Crippen LogP contribution is 2.51. The maximum atomic E-state index is 13.1. The molecule has 0 saturated heterocycles. The van der Waals surface area contributed by atoms with E-state index in [4.69, 9.17) is 9.73 Å². The fourth-order valence-corrected chi connectivity index (χ4v) is 7.73. The van der Waals surface area contributed by atoms with Gasteiger partial charge in [0.25, 0.3) is 0 Å². The molecule has 0 spiro atoms. The first-order valence-electron chi connectivity index (χ1n) is 11.3. The topological polar surface area (TPSA) is 21.6 Å². The first-order valence-corrected chi connectivity index (χ1v) is 12.7. The Hall–Kier alpha value is -2.08. The van der Waals surface area contributed by atoms with Crippen molar-refractivity contribution < 1.29 is 31.1 Å². The summed E-state index contributed by atoms with van der Waals surface area (Å²) in [5.41, 5.74) is -1.47. The van der Waals surface area contributed by atoms with Gasteiger partial charge in [-0.2, -0.15) is 26.3 Å². The summed E-state index contributed by atoms with van der Waals surface area (Å²) in [6.07, 6.45) is -6.35. The Morgan fingerprint density at radius 3 is 1.74 bits per heavy atom. The number of hydrogen-bond donors (Lipinski definition) is 0. The van der Waals surface area contributed by atoms with Crippen LogP contribution >= 0.6 is 7.92 Å². The van der Waals surface area contributed by atoms with Gasteiger partial charge >= 0.3 is 12.4 Å². The van der Waals surface area contributed by atoms with Gasteiger partial charge in [0.1, 0.15) is 6.61 Å². The zero-order valence-electron chi connectivity index (χ0n) is 18.8. The Balaban J connectivity index is 1.72. The third-order valence-corrected chi connectivity index (χ3v) is 9.53. The molecule has 1 saturated carbocycles. The predicted molar refractivity (Wildman–Crippen MR) is 122 cm³/mol. The van der Waals surface area contributed by atoms with Gasteiger partial charge < -0.3 is 4.74 Å². The van der Waals surface area contributed by atoms with E-state index in [1.807, 2.05) is 0 Å². The van der Waals surface area contributed by atoms with Crippen molar-refractivity contribution in [1.82, 2.24) is 0 Å². The maximum absolute atomic E-state index is 13.1. The quantitative estimate of drug-likeness (QED) is 0.327. The minimum absolute atomic E-state index is 0.000513. The number of aliphatic imine (C=N–C) groups is 1. The average molecular weight is 501 g/mol. The van der Waals surface area contributed by atoms with Crippen molar-refractivity contribution in [2.45, 2.75) is 57.2 Å². The van der Waals surface area contributed by atoms with Gasteiger partial charge in [-0.25, -0.2) is 4.99 Å². The second kappa shape index (κ2) is 9.52. The Kier molecular flexibility index (Phi) is 7.01. The maximum Gasteiger partial charge on any atom is 0.416 e. The summed E-state index contributed by atoms with van der Waals surface area (Å²) in [6.45, 7) is 4.66. The summed E-state index contributed by atoms with van der Waals surface area (Å²) in [4.78, 5) is 4.79. The summed E-state index contributed by atoms with van der Waals surface area (Å²) < 4.78 is 84.8. The smallest absolute Gasteiger partial charge is 0.416 e.